The number of aryl methyl sites for hydroxylation is 1. The number of allylic oxidation sites excluding steroid dienone is 1. The lowest BCUT2D eigenvalue weighted by molar-refractivity contribution is -0.137. The molecule has 5 nitrogen and oxygen atoms in total. The number of hydrogen-bond acceptors (Lipinski definition) is 3. The fraction of sp³-hybridized carbons (Fsp3) is 0.185. The van der Waals surface area contributed by atoms with Gasteiger partial charge in [0.05, 0.1) is 34.5 Å². The molecule has 4 rings (SSSR count). The topological polar surface area (TPSA) is 51.5 Å². The van der Waals surface area contributed by atoms with Crippen LogP contribution in [0.25, 0.3) is 11.8 Å². The zero-order chi connectivity index (χ0) is 26.4. The first-order chi connectivity index (χ1) is 17.0. The maximum absolute atomic E-state index is 13.5. The molecule has 9 heteroatoms. The predicted octanol–water partition coefficient (Wildman–Crippen LogP) is 6.64. The zero-order valence-corrected chi connectivity index (χ0v) is 20.7. The van der Waals surface area contributed by atoms with Crippen LogP contribution in [-0.2, 0) is 20.5 Å². The number of aromatic nitrogens is 1. The van der Waals surface area contributed by atoms with Gasteiger partial charge in [-0.05, 0) is 68.8 Å². The molecule has 1 aliphatic heterocycles. The Morgan fingerprint density at radius 3 is 2.36 bits per heavy atom. The number of esters is 1. The fourth-order valence-corrected chi connectivity index (χ4v) is 4.63. The van der Waals surface area contributed by atoms with Crippen molar-refractivity contribution in [1.82, 2.24) is 4.57 Å². The summed E-state index contributed by atoms with van der Waals surface area (Å²) in [6.45, 7) is 5.23. The molecule has 0 saturated heterocycles. The number of nitrogens with zero attached hydrogens (tertiary/aromatic N) is 2. The van der Waals surface area contributed by atoms with E-state index in [4.69, 9.17) is 16.3 Å². The normalized spacial score (nSPS) is 15.3. The van der Waals surface area contributed by atoms with Crippen LogP contribution in [0.4, 0.5) is 18.9 Å². The molecule has 0 unspecified atom stereocenters. The second-order valence-corrected chi connectivity index (χ2v) is 8.72. The molecule has 0 spiro atoms. The Morgan fingerprint density at radius 1 is 1.03 bits per heavy atom. The van der Waals surface area contributed by atoms with Crippen molar-refractivity contribution in [2.75, 3.05) is 12.0 Å². The minimum atomic E-state index is -4.59. The molecule has 186 valence electrons. The van der Waals surface area contributed by atoms with Crippen LogP contribution in [0.2, 0.25) is 5.02 Å². The molecule has 0 aliphatic carbocycles. The molecule has 2 heterocycles. The Labute approximate surface area is 211 Å². The largest absolute Gasteiger partial charge is 0.465 e. The van der Waals surface area contributed by atoms with E-state index in [0.29, 0.717) is 10.6 Å². The van der Waals surface area contributed by atoms with Gasteiger partial charge < -0.3 is 9.30 Å². The zero-order valence-electron chi connectivity index (χ0n) is 19.9. The lowest BCUT2D eigenvalue weighted by Gasteiger charge is -2.19. The number of hydrogen-bond donors (Lipinski definition) is 0. The number of para-hydroxylation sites is 1. The second kappa shape index (κ2) is 9.35. The maximum Gasteiger partial charge on any atom is 0.416 e. The first kappa shape index (κ1) is 25.3. The van der Waals surface area contributed by atoms with Crippen LogP contribution in [0.15, 0.2) is 71.4 Å². The van der Waals surface area contributed by atoms with Gasteiger partial charge in [0, 0.05) is 22.8 Å². The highest BCUT2D eigenvalue weighted by Crippen LogP contribution is 2.39. The van der Waals surface area contributed by atoms with Gasteiger partial charge >= 0.3 is 12.1 Å². The first-order valence-corrected chi connectivity index (χ1v) is 11.3. The van der Waals surface area contributed by atoms with Crippen molar-refractivity contribution in [1.29, 1.82) is 0 Å². The summed E-state index contributed by atoms with van der Waals surface area (Å²) in [7, 11) is 1.18. The highest BCUT2D eigenvalue weighted by molar-refractivity contribution is 6.32. The van der Waals surface area contributed by atoms with Crippen molar-refractivity contribution >= 4 is 35.2 Å². The van der Waals surface area contributed by atoms with Crippen LogP contribution in [0.3, 0.4) is 0 Å². The van der Waals surface area contributed by atoms with Crippen molar-refractivity contribution in [3.63, 3.8) is 0 Å². The van der Waals surface area contributed by atoms with Gasteiger partial charge in [-0.25, -0.2) is 4.79 Å². The number of anilines is 1. The summed E-state index contributed by atoms with van der Waals surface area (Å²) in [6.07, 6.45) is -3.03. The van der Waals surface area contributed by atoms with Gasteiger partial charge in [0.25, 0.3) is 5.91 Å². The van der Waals surface area contributed by atoms with Crippen molar-refractivity contribution in [3.05, 3.63) is 99.0 Å². The smallest absolute Gasteiger partial charge is 0.416 e. The van der Waals surface area contributed by atoms with Gasteiger partial charge in [0.2, 0.25) is 0 Å². The first-order valence-electron chi connectivity index (χ1n) is 10.9. The summed E-state index contributed by atoms with van der Waals surface area (Å²) in [5, 5.41) is 0.539. The van der Waals surface area contributed by atoms with E-state index < -0.39 is 23.6 Å². The minimum Gasteiger partial charge on any atom is -0.465 e. The summed E-state index contributed by atoms with van der Waals surface area (Å²) < 4.78 is 46.8. The number of amides is 1. The number of carbonyl (C=O) groups excluding carboxylic acids is 2. The number of alkyl halides is 3. The van der Waals surface area contributed by atoms with Gasteiger partial charge in [-0.1, -0.05) is 29.8 Å². The van der Waals surface area contributed by atoms with E-state index in [-0.39, 0.29) is 22.5 Å². The standard InChI is InChI=1S/C27H22ClF3N2O3/c1-15-12-18(16(2)32(15)23-11-6-5-10-22(23)28)13-21-24(26(35)36-4)17(3)33(25(21)34)20-9-7-8-19(14-20)27(29,30)31/h5-14H,1-4H3/b21-13-. The van der Waals surface area contributed by atoms with E-state index in [0.717, 1.165) is 34.1 Å². The molecule has 1 aromatic heterocycles. The van der Waals surface area contributed by atoms with E-state index >= 15 is 0 Å². The van der Waals surface area contributed by atoms with E-state index in [1.165, 1.54) is 26.2 Å². The third kappa shape index (κ3) is 4.33. The third-order valence-electron chi connectivity index (χ3n) is 6.08. The van der Waals surface area contributed by atoms with Gasteiger partial charge in [-0.15, -0.1) is 0 Å². The summed E-state index contributed by atoms with van der Waals surface area (Å²) >= 11 is 6.39. The van der Waals surface area contributed by atoms with Crippen LogP contribution in [-0.4, -0.2) is 23.6 Å². The van der Waals surface area contributed by atoms with E-state index in [2.05, 4.69) is 0 Å². The average Bonchev–Trinajstić information content (AvgIpc) is 3.24. The quantitative estimate of drug-likeness (QED) is 0.289. The maximum atomic E-state index is 13.5. The molecule has 1 amide bonds. The number of benzene rings is 2. The minimum absolute atomic E-state index is 0.00123. The fourth-order valence-electron chi connectivity index (χ4n) is 4.41. The van der Waals surface area contributed by atoms with Crippen LogP contribution >= 0.6 is 11.6 Å². The molecular formula is C27H22ClF3N2O3. The van der Waals surface area contributed by atoms with E-state index in [9.17, 15) is 22.8 Å². The number of ether oxygens (including phenoxy) is 1. The van der Waals surface area contributed by atoms with Gasteiger partial charge in [-0.3, -0.25) is 9.69 Å². The molecule has 0 N–H and O–H groups in total. The summed E-state index contributed by atoms with van der Waals surface area (Å²) in [5.41, 5.74) is 2.29. The number of rotatable bonds is 4. The van der Waals surface area contributed by atoms with Crippen molar-refractivity contribution in [2.24, 2.45) is 0 Å². The monoisotopic (exact) mass is 514 g/mol. The average molecular weight is 515 g/mol. The summed E-state index contributed by atoms with van der Waals surface area (Å²) in [6, 6.07) is 13.5. The molecule has 0 atom stereocenters. The second-order valence-electron chi connectivity index (χ2n) is 8.31. The number of carbonyl (C=O) groups is 2. The molecule has 0 saturated carbocycles. The van der Waals surface area contributed by atoms with Crippen molar-refractivity contribution < 1.29 is 27.5 Å². The molecule has 0 radical (unpaired) electrons. The van der Waals surface area contributed by atoms with E-state index in [1.807, 2.05) is 42.7 Å². The van der Waals surface area contributed by atoms with Crippen molar-refractivity contribution in [2.45, 2.75) is 26.9 Å². The highest BCUT2D eigenvalue weighted by Gasteiger charge is 2.39. The Morgan fingerprint density at radius 2 is 1.72 bits per heavy atom. The van der Waals surface area contributed by atoms with Crippen LogP contribution in [0, 0.1) is 13.8 Å². The predicted molar refractivity (Wildman–Crippen MR) is 132 cm³/mol. The lowest BCUT2D eigenvalue weighted by Crippen LogP contribution is -2.25. The molecule has 3 aromatic rings. The molecule has 36 heavy (non-hydrogen) atoms. The van der Waals surface area contributed by atoms with E-state index in [1.54, 1.807) is 12.1 Å². The number of halogens is 4. The Balaban J connectivity index is 1.86. The SMILES string of the molecule is COC(=O)C1=C(C)N(c2cccc(C(F)(F)F)c2)C(=O)/C1=C\c1cc(C)n(-c2ccccc2Cl)c1C. The molecule has 2 aromatic carbocycles. The van der Waals surface area contributed by atoms with Crippen LogP contribution in [0.1, 0.15) is 29.4 Å². The molecule has 1 aliphatic rings. The Hall–Kier alpha value is -3.78. The van der Waals surface area contributed by atoms with Gasteiger partial charge in [0.15, 0.2) is 0 Å². The van der Waals surface area contributed by atoms with Gasteiger partial charge in [-0.2, -0.15) is 13.2 Å². The lowest BCUT2D eigenvalue weighted by atomic mass is 10.0. The summed E-state index contributed by atoms with van der Waals surface area (Å²) in [5.74, 6) is -1.39. The summed E-state index contributed by atoms with van der Waals surface area (Å²) in [4.78, 5) is 27.3. The van der Waals surface area contributed by atoms with Crippen LogP contribution < -0.4 is 4.90 Å². The van der Waals surface area contributed by atoms with Crippen LogP contribution in [0.5, 0.6) is 0 Å². The van der Waals surface area contributed by atoms with Crippen molar-refractivity contribution in [3.8, 4) is 5.69 Å². The molecule has 0 bridgehead atoms. The van der Waals surface area contributed by atoms with Gasteiger partial charge in [0.1, 0.15) is 0 Å². The Kier molecular flexibility index (Phi) is 6.58. The highest BCUT2D eigenvalue weighted by atomic mass is 35.5. The Bertz CT molecular complexity index is 1450. The third-order valence-corrected chi connectivity index (χ3v) is 6.40. The molecular weight excluding hydrogens is 493 g/mol. The molecule has 0 fully saturated rings. The number of methoxy groups -OCH3 is 1.